The Morgan fingerprint density at radius 3 is 2.69 bits per heavy atom. The maximum atomic E-state index is 12.8. The molecule has 3 aliphatic heterocycles. The summed E-state index contributed by atoms with van der Waals surface area (Å²) >= 11 is 0. The lowest BCUT2D eigenvalue weighted by atomic mass is 9.74. The molecule has 3 heterocycles. The lowest BCUT2D eigenvalue weighted by Crippen LogP contribution is -2.46. The summed E-state index contributed by atoms with van der Waals surface area (Å²) < 4.78 is 5.96. The van der Waals surface area contributed by atoms with E-state index in [-0.39, 0.29) is 11.3 Å². The van der Waals surface area contributed by atoms with E-state index in [0.717, 1.165) is 60.5 Å². The van der Waals surface area contributed by atoms with Crippen LogP contribution in [0.15, 0.2) is 36.4 Å². The first-order chi connectivity index (χ1) is 14.2. The molecule has 29 heavy (non-hydrogen) atoms. The van der Waals surface area contributed by atoms with Gasteiger partial charge in [0.05, 0.1) is 6.61 Å². The number of carbonyl (C=O) groups excluding carboxylic acids is 1. The molecule has 6 heteroatoms. The molecule has 0 atom stereocenters. The molecule has 152 valence electrons. The van der Waals surface area contributed by atoms with Gasteiger partial charge in [0.25, 0.3) is 0 Å². The number of rotatable bonds is 4. The molecule has 0 aromatic heterocycles. The highest BCUT2D eigenvalue weighted by Gasteiger charge is 2.43. The summed E-state index contributed by atoms with van der Waals surface area (Å²) in [4.78, 5) is 24.8. The number of nitrogens with two attached hydrogens (primary N) is 1. The highest BCUT2D eigenvalue weighted by atomic mass is 17.2. The standard InChI is InChI=1S/C23H26N2O4/c24-13-17-2-5-21-19(12-17)23(15-27-21)7-9-25(10-8-23)22(26)6-3-16-1-4-20-18(11-16)14-28-29-20/h1-2,4-5,11-12H,3,6-10,13-15,24H2. The Kier molecular flexibility index (Phi) is 4.68. The van der Waals surface area contributed by atoms with E-state index in [0.29, 0.717) is 26.2 Å². The third-order valence-corrected chi connectivity index (χ3v) is 6.54. The number of likely N-dealkylation sites (tertiary alicyclic amines) is 1. The molecular formula is C23H26N2O4. The van der Waals surface area contributed by atoms with Gasteiger partial charge in [0, 0.05) is 42.6 Å². The van der Waals surface area contributed by atoms with Crippen molar-refractivity contribution in [2.75, 3.05) is 19.7 Å². The summed E-state index contributed by atoms with van der Waals surface area (Å²) in [6.45, 7) is 3.27. The first kappa shape index (κ1) is 18.5. The summed E-state index contributed by atoms with van der Waals surface area (Å²) in [5.41, 5.74) is 10.5. The second kappa shape index (κ2) is 7.35. The Morgan fingerprint density at radius 2 is 1.86 bits per heavy atom. The molecule has 2 N–H and O–H groups in total. The number of hydrogen-bond acceptors (Lipinski definition) is 5. The zero-order valence-corrected chi connectivity index (χ0v) is 16.5. The average Bonchev–Trinajstić information content (AvgIpc) is 3.37. The zero-order valence-electron chi connectivity index (χ0n) is 16.5. The number of benzene rings is 2. The van der Waals surface area contributed by atoms with Crippen LogP contribution in [0.3, 0.4) is 0 Å². The van der Waals surface area contributed by atoms with Crippen LogP contribution in [0.2, 0.25) is 0 Å². The average molecular weight is 394 g/mol. The van der Waals surface area contributed by atoms with Crippen molar-refractivity contribution in [1.29, 1.82) is 0 Å². The number of hydrogen-bond donors (Lipinski definition) is 1. The van der Waals surface area contributed by atoms with Crippen LogP contribution < -0.4 is 15.4 Å². The molecule has 1 saturated heterocycles. The molecule has 3 aliphatic rings. The second-order valence-electron chi connectivity index (χ2n) is 8.27. The molecule has 1 fully saturated rings. The van der Waals surface area contributed by atoms with Crippen molar-refractivity contribution in [3.05, 3.63) is 58.7 Å². The Balaban J connectivity index is 1.20. The van der Waals surface area contributed by atoms with Crippen LogP contribution in [0.4, 0.5) is 0 Å². The van der Waals surface area contributed by atoms with Gasteiger partial charge in [-0.1, -0.05) is 18.2 Å². The van der Waals surface area contributed by atoms with Crippen LogP contribution in [0.1, 0.15) is 41.5 Å². The van der Waals surface area contributed by atoms with Gasteiger partial charge in [-0.05, 0) is 48.6 Å². The molecule has 0 bridgehead atoms. The first-order valence-electron chi connectivity index (χ1n) is 10.3. The van der Waals surface area contributed by atoms with E-state index in [1.807, 2.05) is 29.2 Å². The minimum atomic E-state index is 0.0251. The summed E-state index contributed by atoms with van der Waals surface area (Å²) in [5.74, 6) is 1.98. The zero-order chi connectivity index (χ0) is 19.8. The number of aryl methyl sites for hydroxylation is 1. The van der Waals surface area contributed by atoms with E-state index >= 15 is 0 Å². The molecule has 2 aromatic carbocycles. The van der Waals surface area contributed by atoms with Crippen molar-refractivity contribution < 1.29 is 19.3 Å². The van der Waals surface area contributed by atoms with Crippen molar-refractivity contribution in [2.45, 2.75) is 44.2 Å². The molecule has 0 radical (unpaired) electrons. The number of piperidine rings is 1. The molecule has 0 aliphatic carbocycles. The van der Waals surface area contributed by atoms with Crippen LogP contribution in [0.25, 0.3) is 0 Å². The van der Waals surface area contributed by atoms with E-state index in [1.165, 1.54) is 5.56 Å². The Hall–Kier alpha value is -2.57. The molecule has 6 nitrogen and oxygen atoms in total. The van der Waals surface area contributed by atoms with Gasteiger partial charge >= 0.3 is 0 Å². The number of nitrogens with zero attached hydrogens (tertiary/aromatic N) is 1. The number of ether oxygens (including phenoxy) is 1. The van der Waals surface area contributed by atoms with Crippen LogP contribution in [-0.4, -0.2) is 30.5 Å². The maximum absolute atomic E-state index is 12.8. The van der Waals surface area contributed by atoms with Crippen molar-refractivity contribution in [1.82, 2.24) is 4.90 Å². The van der Waals surface area contributed by atoms with Gasteiger partial charge in [-0.3, -0.25) is 4.79 Å². The Bertz CT molecular complexity index is 934. The smallest absolute Gasteiger partial charge is 0.222 e. The maximum Gasteiger partial charge on any atom is 0.222 e. The molecular weight excluding hydrogens is 368 g/mol. The van der Waals surface area contributed by atoms with Crippen LogP contribution in [0.5, 0.6) is 11.5 Å². The summed E-state index contributed by atoms with van der Waals surface area (Å²) in [6, 6.07) is 12.3. The fourth-order valence-corrected chi connectivity index (χ4v) is 4.68. The molecule has 5 rings (SSSR count). The minimum absolute atomic E-state index is 0.0251. The van der Waals surface area contributed by atoms with Gasteiger partial charge < -0.3 is 20.3 Å². The largest absolute Gasteiger partial charge is 0.492 e. The second-order valence-corrected chi connectivity index (χ2v) is 8.27. The number of carbonyl (C=O) groups is 1. The molecule has 1 amide bonds. The van der Waals surface area contributed by atoms with Crippen LogP contribution >= 0.6 is 0 Å². The van der Waals surface area contributed by atoms with Gasteiger partial charge in [-0.2, -0.15) is 4.89 Å². The fourth-order valence-electron chi connectivity index (χ4n) is 4.68. The normalized spacial score (nSPS) is 18.9. The van der Waals surface area contributed by atoms with Crippen molar-refractivity contribution >= 4 is 5.91 Å². The Morgan fingerprint density at radius 1 is 1.07 bits per heavy atom. The van der Waals surface area contributed by atoms with Crippen LogP contribution in [0, 0.1) is 0 Å². The predicted octanol–water partition coefficient (Wildman–Crippen LogP) is 2.85. The van der Waals surface area contributed by atoms with Gasteiger partial charge in [0.15, 0.2) is 5.75 Å². The summed E-state index contributed by atoms with van der Waals surface area (Å²) in [7, 11) is 0. The predicted molar refractivity (Wildman–Crippen MR) is 108 cm³/mol. The van der Waals surface area contributed by atoms with Crippen molar-refractivity contribution in [3.63, 3.8) is 0 Å². The first-order valence-corrected chi connectivity index (χ1v) is 10.3. The SMILES string of the molecule is NCc1ccc2c(c1)C1(CCN(C(=O)CCc3ccc4c(c3)COO4)CC1)CO2. The summed E-state index contributed by atoms with van der Waals surface area (Å²) in [6.07, 6.45) is 3.14. The molecule has 1 spiro atoms. The monoisotopic (exact) mass is 394 g/mol. The van der Waals surface area contributed by atoms with E-state index in [1.54, 1.807) is 0 Å². The Labute approximate surface area is 170 Å². The van der Waals surface area contributed by atoms with Gasteiger partial charge in [-0.15, -0.1) is 0 Å². The number of amides is 1. The third-order valence-electron chi connectivity index (χ3n) is 6.54. The van der Waals surface area contributed by atoms with E-state index < -0.39 is 0 Å². The van der Waals surface area contributed by atoms with Crippen LogP contribution in [-0.2, 0) is 34.7 Å². The van der Waals surface area contributed by atoms with E-state index in [9.17, 15) is 4.79 Å². The molecule has 2 aromatic rings. The van der Waals surface area contributed by atoms with Crippen molar-refractivity contribution in [2.24, 2.45) is 5.73 Å². The lowest BCUT2D eigenvalue weighted by molar-refractivity contribution is -0.194. The quantitative estimate of drug-likeness (QED) is 0.808. The lowest BCUT2D eigenvalue weighted by Gasteiger charge is -2.38. The summed E-state index contributed by atoms with van der Waals surface area (Å²) in [5, 5.41) is 0. The van der Waals surface area contributed by atoms with Gasteiger partial charge in [-0.25, -0.2) is 0 Å². The highest BCUT2D eigenvalue weighted by Crippen LogP contribution is 2.45. The van der Waals surface area contributed by atoms with Crippen molar-refractivity contribution in [3.8, 4) is 11.5 Å². The third kappa shape index (κ3) is 3.36. The van der Waals surface area contributed by atoms with Gasteiger partial charge in [0.1, 0.15) is 12.4 Å². The van der Waals surface area contributed by atoms with Gasteiger partial charge in [0.2, 0.25) is 5.91 Å². The fraction of sp³-hybridized carbons (Fsp3) is 0.435. The van der Waals surface area contributed by atoms with E-state index in [4.69, 9.17) is 20.2 Å². The highest BCUT2D eigenvalue weighted by molar-refractivity contribution is 5.76. The molecule has 0 unspecified atom stereocenters. The number of fused-ring (bicyclic) bond motifs is 3. The minimum Gasteiger partial charge on any atom is -0.492 e. The van der Waals surface area contributed by atoms with E-state index in [2.05, 4.69) is 12.1 Å². The topological polar surface area (TPSA) is 74.0 Å². The molecule has 0 saturated carbocycles.